The molecule has 6 nitrogen and oxygen atoms in total. The number of hydrogen-bond acceptors (Lipinski definition) is 4. The fraction of sp³-hybridized carbons (Fsp3) is 0.188. The molecule has 126 valence electrons. The Labute approximate surface area is 146 Å². The van der Waals surface area contributed by atoms with Crippen LogP contribution in [0, 0.1) is 15.9 Å². The highest BCUT2D eigenvalue weighted by Crippen LogP contribution is 2.27. The summed E-state index contributed by atoms with van der Waals surface area (Å²) >= 11 is 3.29. The van der Waals surface area contributed by atoms with Gasteiger partial charge in [-0.3, -0.25) is 14.9 Å². The number of nitrogens with one attached hydrogen (secondary N) is 1. The first kappa shape index (κ1) is 17.9. The first-order valence-electron chi connectivity index (χ1n) is 6.99. The number of halogens is 2. The lowest BCUT2D eigenvalue weighted by Gasteiger charge is -2.22. The van der Waals surface area contributed by atoms with Crippen molar-refractivity contribution in [1.29, 1.82) is 0 Å². The summed E-state index contributed by atoms with van der Waals surface area (Å²) < 4.78 is 14.7. The minimum absolute atomic E-state index is 0.157. The van der Waals surface area contributed by atoms with Crippen molar-refractivity contribution < 1.29 is 14.1 Å². The van der Waals surface area contributed by atoms with Gasteiger partial charge < -0.3 is 10.2 Å². The van der Waals surface area contributed by atoms with Gasteiger partial charge in [-0.15, -0.1) is 0 Å². The van der Waals surface area contributed by atoms with E-state index in [-0.39, 0.29) is 23.6 Å². The number of rotatable bonds is 5. The van der Waals surface area contributed by atoms with Crippen molar-refractivity contribution in [1.82, 2.24) is 5.32 Å². The van der Waals surface area contributed by atoms with Crippen LogP contribution in [0.5, 0.6) is 0 Å². The summed E-state index contributed by atoms with van der Waals surface area (Å²) in [5.74, 6) is -0.816. The summed E-state index contributed by atoms with van der Waals surface area (Å²) in [7, 11) is 3.13. The molecule has 0 saturated carbocycles. The summed E-state index contributed by atoms with van der Waals surface area (Å²) in [5.41, 5.74) is 0.886. The van der Waals surface area contributed by atoms with E-state index in [1.165, 1.54) is 31.3 Å². The van der Waals surface area contributed by atoms with Crippen molar-refractivity contribution in [3.63, 3.8) is 0 Å². The van der Waals surface area contributed by atoms with Crippen LogP contribution in [0.2, 0.25) is 0 Å². The summed E-state index contributed by atoms with van der Waals surface area (Å²) in [6.45, 7) is 0.201. The topological polar surface area (TPSA) is 75.5 Å². The number of nitro groups is 1. The monoisotopic (exact) mass is 395 g/mol. The molecule has 24 heavy (non-hydrogen) atoms. The maximum atomic E-state index is 13.9. The number of non-ortho nitro benzene ring substituents is 1. The Hall–Kier alpha value is -2.48. The van der Waals surface area contributed by atoms with Gasteiger partial charge in [-0.25, -0.2) is 4.39 Å². The zero-order chi connectivity index (χ0) is 17.9. The zero-order valence-corrected chi connectivity index (χ0v) is 14.6. The first-order chi connectivity index (χ1) is 11.3. The predicted molar refractivity (Wildman–Crippen MR) is 92.7 cm³/mol. The molecule has 0 bridgehead atoms. The summed E-state index contributed by atoms with van der Waals surface area (Å²) in [5, 5.41) is 13.4. The number of anilines is 1. The lowest BCUT2D eigenvalue weighted by atomic mass is 10.1. The third kappa shape index (κ3) is 3.88. The van der Waals surface area contributed by atoms with Crippen LogP contribution in [0.25, 0.3) is 0 Å². The fourth-order valence-corrected chi connectivity index (χ4v) is 2.70. The van der Waals surface area contributed by atoms with Crippen molar-refractivity contribution in [2.24, 2.45) is 0 Å². The SMILES string of the molecule is CNC(=O)c1cc([N+](=O)[O-])ccc1N(C)Cc1cc(Br)ccc1F. The van der Waals surface area contributed by atoms with E-state index in [4.69, 9.17) is 0 Å². The Morgan fingerprint density at radius 2 is 2.04 bits per heavy atom. The minimum Gasteiger partial charge on any atom is -0.370 e. The molecule has 0 spiro atoms. The Morgan fingerprint density at radius 3 is 2.67 bits per heavy atom. The second kappa shape index (κ2) is 7.39. The Bertz CT molecular complexity index is 798. The molecule has 0 unspecified atom stereocenters. The number of carbonyl (C=O) groups is 1. The Kier molecular flexibility index (Phi) is 5.50. The molecule has 0 radical (unpaired) electrons. The lowest BCUT2D eigenvalue weighted by Crippen LogP contribution is -2.24. The van der Waals surface area contributed by atoms with Crippen LogP contribution in [0.1, 0.15) is 15.9 Å². The molecular formula is C16H15BrFN3O3. The molecule has 0 aromatic heterocycles. The van der Waals surface area contributed by atoms with Gasteiger partial charge in [-0.1, -0.05) is 15.9 Å². The molecule has 0 atom stereocenters. The van der Waals surface area contributed by atoms with Gasteiger partial charge in [-0.2, -0.15) is 0 Å². The molecule has 0 saturated heterocycles. The maximum Gasteiger partial charge on any atom is 0.270 e. The van der Waals surface area contributed by atoms with E-state index < -0.39 is 10.8 Å². The summed E-state index contributed by atoms with van der Waals surface area (Å²) in [4.78, 5) is 24.1. The van der Waals surface area contributed by atoms with Gasteiger partial charge in [0.2, 0.25) is 0 Å². The van der Waals surface area contributed by atoms with Gasteiger partial charge in [0.05, 0.1) is 16.2 Å². The standard InChI is InChI=1S/C16H15BrFN3O3/c1-19-16(22)13-8-12(21(23)24)4-6-15(13)20(2)9-10-7-11(17)3-5-14(10)18/h3-8H,9H2,1-2H3,(H,19,22). The molecule has 0 aliphatic carbocycles. The van der Waals surface area contributed by atoms with Crippen molar-refractivity contribution in [2.45, 2.75) is 6.54 Å². The van der Waals surface area contributed by atoms with Gasteiger partial charge >= 0.3 is 0 Å². The molecule has 2 rings (SSSR count). The molecule has 8 heteroatoms. The van der Waals surface area contributed by atoms with Gasteiger partial charge in [0.15, 0.2) is 0 Å². The number of hydrogen-bond donors (Lipinski definition) is 1. The zero-order valence-electron chi connectivity index (χ0n) is 13.0. The number of amides is 1. The lowest BCUT2D eigenvalue weighted by molar-refractivity contribution is -0.384. The smallest absolute Gasteiger partial charge is 0.270 e. The fourth-order valence-electron chi connectivity index (χ4n) is 2.29. The molecule has 0 heterocycles. The van der Waals surface area contributed by atoms with Crippen LogP contribution in [0.3, 0.4) is 0 Å². The minimum atomic E-state index is -0.565. The average Bonchev–Trinajstić information content (AvgIpc) is 2.56. The molecule has 0 fully saturated rings. The van der Waals surface area contributed by atoms with Gasteiger partial charge in [0.25, 0.3) is 11.6 Å². The molecule has 0 aliphatic heterocycles. The number of carbonyl (C=O) groups excluding carboxylic acids is 1. The third-order valence-electron chi connectivity index (χ3n) is 3.49. The van der Waals surface area contributed by atoms with E-state index in [2.05, 4.69) is 21.2 Å². The van der Waals surface area contributed by atoms with Crippen LogP contribution in [0.15, 0.2) is 40.9 Å². The number of nitro benzene ring substituents is 1. The van der Waals surface area contributed by atoms with Crippen LogP contribution in [-0.2, 0) is 6.54 Å². The van der Waals surface area contributed by atoms with Crippen molar-refractivity contribution >= 4 is 33.2 Å². The van der Waals surface area contributed by atoms with Crippen LogP contribution in [0.4, 0.5) is 15.8 Å². The highest BCUT2D eigenvalue weighted by molar-refractivity contribution is 9.10. The molecular weight excluding hydrogens is 381 g/mol. The van der Waals surface area contributed by atoms with Crippen molar-refractivity contribution in [3.05, 3.63) is 67.9 Å². The van der Waals surface area contributed by atoms with Crippen LogP contribution < -0.4 is 10.2 Å². The number of nitrogens with zero attached hydrogens (tertiary/aromatic N) is 2. The molecule has 1 amide bonds. The third-order valence-corrected chi connectivity index (χ3v) is 3.98. The Balaban J connectivity index is 2.41. The predicted octanol–water partition coefficient (Wildman–Crippen LogP) is 3.49. The van der Waals surface area contributed by atoms with E-state index >= 15 is 0 Å². The van der Waals surface area contributed by atoms with E-state index in [0.717, 1.165) is 4.47 Å². The van der Waals surface area contributed by atoms with Gasteiger partial charge in [0.1, 0.15) is 5.82 Å². The second-order valence-corrected chi connectivity index (χ2v) is 6.05. The normalized spacial score (nSPS) is 10.3. The van der Waals surface area contributed by atoms with E-state index in [0.29, 0.717) is 11.3 Å². The number of benzene rings is 2. The van der Waals surface area contributed by atoms with Crippen molar-refractivity contribution in [3.8, 4) is 0 Å². The summed E-state index contributed by atoms with van der Waals surface area (Å²) in [6.07, 6.45) is 0. The maximum absolute atomic E-state index is 13.9. The molecule has 2 aromatic carbocycles. The van der Waals surface area contributed by atoms with E-state index in [1.54, 1.807) is 24.1 Å². The van der Waals surface area contributed by atoms with Gasteiger partial charge in [-0.05, 0) is 24.3 Å². The first-order valence-corrected chi connectivity index (χ1v) is 7.78. The highest BCUT2D eigenvalue weighted by atomic mass is 79.9. The molecule has 1 N–H and O–H groups in total. The summed E-state index contributed by atoms with van der Waals surface area (Å²) in [6, 6.07) is 8.61. The molecule has 0 aliphatic rings. The largest absolute Gasteiger partial charge is 0.370 e. The second-order valence-electron chi connectivity index (χ2n) is 5.13. The molecule has 2 aromatic rings. The average molecular weight is 396 g/mol. The van der Waals surface area contributed by atoms with Crippen LogP contribution in [-0.4, -0.2) is 24.9 Å². The highest BCUT2D eigenvalue weighted by Gasteiger charge is 2.19. The van der Waals surface area contributed by atoms with Crippen LogP contribution >= 0.6 is 15.9 Å². The van der Waals surface area contributed by atoms with E-state index in [1.807, 2.05) is 0 Å². The quantitative estimate of drug-likeness (QED) is 0.620. The Morgan fingerprint density at radius 1 is 1.33 bits per heavy atom. The van der Waals surface area contributed by atoms with E-state index in [9.17, 15) is 19.3 Å². The van der Waals surface area contributed by atoms with Crippen molar-refractivity contribution in [2.75, 3.05) is 19.0 Å². The van der Waals surface area contributed by atoms with Gasteiger partial charge in [0, 0.05) is 42.8 Å².